The molecule has 0 saturated carbocycles. The second kappa shape index (κ2) is 8.31. The van der Waals surface area contributed by atoms with Crippen molar-refractivity contribution in [1.82, 2.24) is 24.9 Å². The molecule has 0 amide bonds. The molecule has 0 bridgehead atoms. The first-order valence-electron chi connectivity index (χ1n) is 9.34. The molecule has 27 heavy (non-hydrogen) atoms. The van der Waals surface area contributed by atoms with Gasteiger partial charge in [-0.25, -0.2) is 4.68 Å². The molecule has 1 N–H and O–H groups in total. The van der Waals surface area contributed by atoms with Crippen LogP contribution in [0.5, 0.6) is 0 Å². The van der Waals surface area contributed by atoms with Crippen molar-refractivity contribution >= 4 is 5.82 Å². The van der Waals surface area contributed by atoms with E-state index in [0.717, 1.165) is 36.0 Å². The van der Waals surface area contributed by atoms with E-state index in [2.05, 4.69) is 70.8 Å². The summed E-state index contributed by atoms with van der Waals surface area (Å²) in [5.74, 6) is 1.49. The van der Waals surface area contributed by atoms with Crippen LogP contribution < -0.4 is 5.32 Å². The van der Waals surface area contributed by atoms with Crippen LogP contribution in [0.1, 0.15) is 35.5 Å². The third kappa shape index (κ3) is 4.52. The summed E-state index contributed by atoms with van der Waals surface area (Å²) in [5, 5.41) is 16.5. The van der Waals surface area contributed by atoms with Gasteiger partial charge in [0.1, 0.15) is 5.82 Å². The summed E-state index contributed by atoms with van der Waals surface area (Å²) >= 11 is 0. The molecular formula is C21H28N6. The van der Waals surface area contributed by atoms with Gasteiger partial charge in [-0.05, 0) is 63.7 Å². The average Bonchev–Trinajstić information content (AvgIpc) is 3.01. The largest absolute Gasteiger partial charge is 0.367 e. The third-order valence-electron chi connectivity index (χ3n) is 4.75. The zero-order valence-electron chi connectivity index (χ0n) is 16.8. The molecule has 1 atom stereocenters. The van der Waals surface area contributed by atoms with E-state index < -0.39 is 0 Å². The summed E-state index contributed by atoms with van der Waals surface area (Å²) < 4.78 is 1.81. The molecule has 0 radical (unpaired) electrons. The highest BCUT2D eigenvalue weighted by molar-refractivity contribution is 5.38. The van der Waals surface area contributed by atoms with E-state index in [9.17, 15) is 0 Å². The Morgan fingerprint density at radius 1 is 1.04 bits per heavy atom. The minimum Gasteiger partial charge on any atom is -0.367 e. The number of nitrogens with one attached hydrogen (secondary N) is 1. The fraction of sp³-hybridized carbons (Fsp3) is 0.381. The highest BCUT2D eigenvalue weighted by Crippen LogP contribution is 2.20. The lowest BCUT2D eigenvalue weighted by molar-refractivity contribution is 0.311. The Hall–Kier alpha value is -2.73. The number of aryl methyl sites for hydroxylation is 3. The molecule has 2 aromatic heterocycles. The maximum Gasteiger partial charge on any atom is 0.176 e. The van der Waals surface area contributed by atoms with Crippen LogP contribution in [0.25, 0.3) is 5.82 Å². The first-order chi connectivity index (χ1) is 13.0. The standard InChI is InChI=1S/C21H28N6/c1-6-17-7-9-18(10-8-17)19(26(4)5)14-22-20-11-12-21(24-23-20)27-16(3)13-15(2)25-27/h7-13,19H,6,14H2,1-5H3,(H,22,23). The first kappa shape index (κ1) is 19.0. The number of hydrogen-bond donors (Lipinski definition) is 1. The van der Waals surface area contributed by atoms with Gasteiger partial charge in [-0.1, -0.05) is 31.2 Å². The SMILES string of the molecule is CCc1ccc(C(CNc2ccc(-n3nc(C)cc3C)nn2)N(C)C)cc1. The van der Waals surface area contributed by atoms with E-state index in [1.54, 1.807) is 0 Å². The van der Waals surface area contributed by atoms with Gasteiger partial charge >= 0.3 is 0 Å². The number of anilines is 1. The number of hydrogen-bond acceptors (Lipinski definition) is 5. The molecule has 0 aliphatic rings. The average molecular weight is 364 g/mol. The Bertz CT molecular complexity index is 865. The number of rotatable bonds is 7. The topological polar surface area (TPSA) is 58.9 Å². The van der Waals surface area contributed by atoms with Crippen LogP contribution in [-0.4, -0.2) is 45.5 Å². The molecule has 0 fully saturated rings. The van der Waals surface area contributed by atoms with Gasteiger partial charge in [-0.15, -0.1) is 10.2 Å². The van der Waals surface area contributed by atoms with Crippen LogP contribution >= 0.6 is 0 Å². The molecule has 3 aromatic rings. The summed E-state index contributed by atoms with van der Waals surface area (Å²) in [6.45, 7) is 6.92. The van der Waals surface area contributed by atoms with Crippen molar-refractivity contribution in [2.45, 2.75) is 33.2 Å². The predicted octanol–water partition coefficient (Wildman–Crippen LogP) is 3.56. The lowest BCUT2D eigenvalue weighted by atomic mass is 10.0. The van der Waals surface area contributed by atoms with Gasteiger partial charge in [0.15, 0.2) is 5.82 Å². The highest BCUT2D eigenvalue weighted by Gasteiger charge is 2.14. The third-order valence-corrected chi connectivity index (χ3v) is 4.75. The van der Waals surface area contributed by atoms with Crippen molar-refractivity contribution in [2.75, 3.05) is 26.0 Å². The smallest absolute Gasteiger partial charge is 0.176 e. The summed E-state index contributed by atoms with van der Waals surface area (Å²) in [4.78, 5) is 2.21. The van der Waals surface area contributed by atoms with Gasteiger partial charge in [-0.3, -0.25) is 0 Å². The molecule has 6 heteroatoms. The van der Waals surface area contributed by atoms with Crippen LogP contribution in [-0.2, 0) is 6.42 Å². The van der Waals surface area contributed by atoms with Gasteiger partial charge in [0.25, 0.3) is 0 Å². The van der Waals surface area contributed by atoms with E-state index in [1.165, 1.54) is 11.1 Å². The molecule has 0 aliphatic carbocycles. The second-order valence-electron chi connectivity index (χ2n) is 7.07. The minimum atomic E-state index is 0.258. The molecule has 0 spiro atoms. The van der Waals surface area contributed by atoms with Gasteiger partial charge < -0.3 is 10.2 Å². The Kier molecular flexibility index (Phi) is 5.86. The lowest BCUT2D eigenvalue weighted by Crippen LogP contribution is -2.27. The van der Waals surface area contributed by atoms with Gasteiger partial charge in [0.2, 0.25) is 0 Å². The van der Waals surface area contributed by atoms with Gasteiger partial charge in [0, 0.05) is 12.2 Å². The second-order valence-corrected chi connectivity index (χ2v) is 7.07. The first-order valence-corrected chi connectivity index (χ1v) is 9.34. The predicted molar refractivity (Wildman–Crippen MR) is 109 cm³/mol. The van der Waals surface area contributed by atoms with Crippen molar-refractivity contribution in [1.29, 1.82) is 0 Å². The van der Waals surface area contributed by atoms with Gasteiger partial charge in [0.05, 0.1) is 11.7 Å². The van der Waals surface area contributed by atoms with E-state index in [4.69, 9.17) is 0 Å². The highest BCUT2D eigenvalue weighted by atomic mass is 15.4. The minimum absolute atomic E-state index is 0.258. The molecule has 1 aromatic carbocycles. The molecule has 142 valence electrons. The Morgan fingerprint density at radius 3 is 2.30 bits per heavy atom. The molecule has 0 aliphatic heterocycles. The van der Waals surface area contributed by atoms with Crippen LogP contribution in [0, 0.1) is 13.8 Å². The Balaban J connectivity index is 1.69. The maximum atomic E-state index is 4.45. The fourth-order valence-corrected chi connectivity index (χ4v) is 3.17. The lowest BCUT2D eigenvalue weighted by Gasteiger charge is -2.25. The van der Waals surface area contributed by atoms with E-state index in [0.29, 0.717) is 0 Å². The van der Waals surface area contributed by atoms with Crippen molar-refractivity contribution in [3.8, 4) is 5.82 Å². The Labute approximate surface area is 161 Å². The van der Waals surface area contributed by atoms with Crippen molar-refractivity contribution in [3.05, 3.63) is 65.0 Å². The monoisotopic (exact) mass is 364 g/mol. The zero-order chi connectivity index (χ0) is 19.4. The summed E-state index contributed by atoms with van der Waals surface area (Å²) in [5.41, 5.74) is 4.66. The van der Waals surface area contributed by atoms with E-state index in [1.807, 2.05) is 36.7 Å². The molecular weight excluding hydrogens is 336 g/mol. The number of nitrogens with zero attached hydrogens (tertiary/aromatic N) is 5. The van der Waals surface area contributed by atoms with Crippen LogP contribution in [0.15, 0.2) is 42.5 Å². The van der Waals surface area contributed by atoms with E-state index >= 15 is 0 Å². The fourth-order valence-electron chi connectivity index (χ4n) is 3.17. The van der Waals surface area contributed by atoms with Crippen molar-refractivity contribution in [3.63, 3.8) is 0 Å². The molecule has 6 nitrogen and oxygen atoms in total. The molecule has 2 heterocycles. The van der Waals surface area contributed by atoms with Crippen LogP contribution in [0.4, 0.5) is 5.82 Å². The van der Waals surface area contributed by atoms with Crippen molar-refractivity contribution < 1.29 is 0 Å². The molecule has 3 rings (SSSR count). The summed E-state index contributed by atoms with van der Waals surface area (Å²) in [7, 11) is 4.19. The molecule has 1 unspecified atom stereocenters. The Morgan fingerprint density at radius 2 is 1.78 bits per heavy atom. The quantitative estimate of drug-likeness (QED) is 0.695. The summed E-state index contributed by atoms with van der Waals surface area (Å²) in [6, 6.07) is 15.0. The zero-order valence-corrected chi connectivity index (χ0v) is 16.8. The number of benzene rings is 1. The van der Waals surface area contributed by atoms with Crippen LogP contribution in [0.2, 0.25) is 0 Å². The normalized spacial score (nSPS) is 12.4. The van der Waals surface area contributed by atoms with Crippen molar-refractivity contribution in [2.24, 2.45) is 0 Å². The van der Waals surface area contributed by atoms with Crippen LogP contribution in [0.3, 0.4) is 0 Å². The number of likely N-dealkylation sites (N-methyl/N-ethyl adjacent to an activating group) is 1. The summed E-state index contributed by atoms with van der Waals surface area (Å²) in [6.07, 6.45) is 1.06. The molecule has 0 saturated heterocycles. The van der Waals surface area contributed by atoms with Gasteiger partial charge in [-0.2, -0.15) is 5.10 Å². The van der Waals surface area contributed by atoms with E-state index in [-0.39, 0.29) is 6.04 Å². The number of aromatic nitrogens is 4. The maximum absolute atomic E-state index is 4.45.